The first kappa shape index (κ1) is 15.9. The number of nitrogens with zero attached hydrogens (tertiary/aromatic N) is 3. The maximum Gasteiger partial charge on any atom is 0.322 e. The number of rotatable bonds is 5. The Labute approximate surface area is 125 Å². The second kappa shape index (κ2) is 7.00. The van der Waals surface area contributed by atoms with Crippen LogP contribution < -0.4 is 11.1 Å². The highest BCUT2D eigenvalue weighted by atomic mass is 16.4. The molecule has 0 aliphatic carbocycles. The summed E-state index contributed by atoms with van der Waals surface area (Å²) in [7, 11) is 0. The SMILES string of the molecule is CC(C)c1nnc(NC(=O)CN2CCCC(C)C2CN)o1. The summed E-state index contributed by atoms with van der Waals surface area (Å²) in [4.78, 5) is 14.2. The summed E-state index contributed by atoms with van der Waals surface area (Å²) >= 11 is 0. The first-order valence-electron chi connectivity index (χ1n) is 7.58. The van der Waals surface area contributed by atoms with Crippen molar-refractivity contribution in [1.82, 2.24) is 15.1 Å². The highest BCUT2D eigenvalue weighted by Gasteiger charge is 2.28. The standard InChI is InChI=1S/C14H25N5O2/c1-9(2)13-17-18-14(21-13)16-12(20)8-19-6-4-5-10(3)11(19)7-15/h9-11H,4-8,15H2,1-3H3,(H,16,18,20). The Morgan fingerprint density at radius 2 is 2.29 bits per heavy atom. The van der Waals surface area contributed by atoms with Gasteiger partial charge in [0.15, 0.2) is 0 Å². The number of amides is 1. The van der Waals surface area contributed by atoms with E-state index in [1.54, 1.807) is 0 Å². The van der Waals surface area contributed by atoms with E-state index in [2.05, 4.69) is 27.3 Å². The average Bonchev–Trinajstić information content (AvgIpc) is 2.87. The van der Waals surface area contributed by atoms with Gasteiger partial charge in [-0.25, -0.2) is 0 Å². The molecule has 7 nitrogen and oxygen atoms in total. The van der Waals surface area contributed by atoms with Crippen molar-refractivity contribution < 1.29 is 9.21 Å². The van der Waals surface area contributed by atoms with E-state index in [-0.39, 0.29) is 23.9 Å². The fourth-order valence-electron chi connectivity index (χ4n) is 2.77. The van der Waals surface area contributed by atoms with Crippen LogP contribution in [-0.2, 0) is 4.79 Å². The number of hydrogen-bond acceptors (Lipinski definition) is 6. The lowest BCUT2D eigenvalue weighted by Crippen LogP contribution is -2.51. The summed E-state index contributed by atoms with van der Waals surface area (Å²) < 4.78 is 5.38. The summed E-state index contributed by atoms with van der Waals surface area (Å²) in [5.41, 5.74) is 5.83. The molecule has 7 heteroatoms. The van der Waals surface area contributed by atoms with Gasteiger partial charge in [0.1, 0.15) is 0 Å². The molecule has 1 aromatic rings. The summed E-state index contributed by atoms with van der Waals surface area (Å²) in [6, 6.07) is 0.427. The molecule has 0 saturated carbocycles. The monoisotopic (exact) mass is 295 g/mol. The third kappa shape index (κ3) is 4.01. The van der Waals surface area contributed by atoms with Gasteiger partial charge >= 0.3 is 6.01 Å². The number of nitrogens with one attached hydrogen (secondary N) is 1. The molecule has 2 unspecified atom stereocenters. The van der Waals surface area contributed by atoms with Crippen LogP contribution in [0.15, 0.2) is 4.42 Å². The van der Waals surface area contributed by atoms with E-state index in [1.807, 2.05) is 13.8 Å². The maximum atomic E-state index is 12.1. The molecule has 118 valence electrons. The van der Waals surface area contributed by atoms with Crippen LogP contribution in [0, 0.1) is 5.92 Å². The molecule has 1 aromatic heterocycles. The van der Waals surface area contributed by atoms with Crippen LogP contribution in [0.3, 0.4) is 0 Å². The van der Waals surface area contributed by atoms with Crippen molar-refractivity contribution in [2.24, 2.45) is 11.7 Å². The summed E-state index contributed by atoms with van der Waals surface area (Å²) in [6.45, 7) is 7.90. The zero-order chi connectivity index (χ0) is 15.4. The van der Waals surface area contributed by atoms with Gasteiger partial charge in [0.25, 0.3) is 0 Å². The number of piperidine rings is 1. The van der Waals surface area contributed by atoms with Crippen molar-refractivity contribution in [3.8, 4) is 0 Å². The lowest BCUT2D eigenvalue weighted by molar-refractivity contribution is -0.118. The zero-order valence-electron chi connectivity index (χ0n) is 13.0. The minimum Gasteiger partial charge on any atom is -0.408 e. The van der Waals surface area contributed by atoms with Gasteiger partial charge in [0.05, 0.1) is 6.54 Å². The van der Waals surface area contributed by atoms with Crippen LogP contribution in [0.1, 0.15) is 45.4 Å². The van der Waals surface area contributed by atoms with Gasteiger partial charge < -0.3 is 10.2 Å². The van der Waals surface area contributed by atoms with Crippen LogP contribution in [-0.4, -0.2) is 46.7 Å². The number of likely N-dealkylation sites (tertiary alicyclic amines) is 1. The highest BCUT2D eigenvalue weighted by Crippen LogP contribution is 2.22. The van der Waals surface area contributed by atoms with Crippen LogP contribution in [0.5, 0.6) is 0 Å². The third-order valence-corrected chi connectivity index (χ3v) is 4.00. The van der Waals surface area contributed by atoms with Gasteiger partial charge in [-0.1, -0.05) is 25.9 Å². The van der Waals surface area contributed by atoms with E-state index in [0.29, 0.717) is 24.9 Å². The quantitative estimate of drug-likeness (QED) is 0.847. The van der Waals surface area contributed by atoms with Gasteiger partial charge in [-0.05, 0) is 25.3 Å². The molecule has 21 heavy (non-hydrogen) atoms. The summed E-state index contributed by atoms with van der Waals surface area (Å²) in [5.74, 6) is 1.05. The number of nitrogens with two attached hydrogens (primary N) is 1. The molecule has 1 amide bonds. The lowest BCUT2D eigenvalue weighted by atomic mass is 9.91. The topological polar surface area (TPSA) is 97.3 Å². The van der Waals surface area contributed by atoms with Crippen LogP contribution in [0.25, 0.3) is 0 Å². The minimum atomic E-state index is -0.137. The fourth-order valence-corrected chi connectivity index (χ4v) is 2.77. The molecule has 1 aliphatic rings. The van der Waals surface area contributed by atoms with Crippen molar-refractivity contribution in [1.29, 1.82) is 0 Å². The van der Waals surface area contributed by atoms with Crippen molar-refractivity contribution in [2.75, 3.05) is 25.0 Å². The summed E-state index contributed by atoms with van der Waals surface area (Å²) in [5, 5.41) is 10.4. The molecule has 1 saturated heterocycles. The van der Waals surface area contributed by atoms with E-state index in [1.165, 1.54) is 6.42 Å². The fraction of sp³-hybridized carbons (Fsp3) is 0.786. The lowest BCUT2D eigenvalue weighted by Gasteiger charge is -2.38. The van der Waals surface area contributed by atoms with Gasteiger partial charge in [-0.2, -0.15) is 0 Å². The van der Waals surface area contributed by atoms with E-state index >= 15 is 0 Å². The zero-order valence-corrected chi connectivity index (χ0v) is 13.0. The normalized spacial score (nSPS) is 23.5. The van der Waals surface area contributed by atoms with Gasteiger partial charge in [-0.3, -0.25) is 15.0 Å². The van der Waals surface area contributed by atoms with Crippen LogP contribution >= 0.6 is 0 Å². The number of hydrogen-bond donors (Lipinski definition) is 2. The minimum absolute atomic E-state index is 0.137. The molecular weight excluding hydrogens is 270 g/mol. The molecule has 0 bridgehead atoms. The van der Waals surface area contributed by atoms with Crippen LogP contribution in [0.4, 0.5) is 6.01 Å². The van der Waals surface area contributed by atoms with Crippen molar-refractivity contribution in [2.45, 2.75) is 45.6 Å². The third-order valence-electron chi connectivity index (χ3n) is 4.00. The van der Waals surface area contributed by atoms with E-state index < -0.39 is 0 Å². The van der Waals surface area contributed by atoms with Crippen LogP contribution in [0.2, 0.25) is 0 Å². The van der Waals surface area contributed by atoms with Crippen molar-refractivity contribution in [3.05, 3.63) is 5.89 Å². The molecule has 2 atom stereocenters. The second-order valence-corrected chi connectivity index (χ2v) is 6.04. The Morgan fingerprint density at radius 3 is 2.90 bits per heavy atom. The molecular formula is C14H25N5O2. The van der Waals surface area contributed by atoms with Crippen molar-refractivity contribution >= 4 is 11.9 Å². The molecule has 0 radical (unpaired) electrons. The number of carbonyl (C=O) groups excluding carboxylic acids is 1. The molecule has 0 aromatic carbocycles. The second-order valence-electron chi connectivity index (χ2n) is 6.04. The number of anilines is 1. The van der Waals surface area contributed by atoms with Gasteiger partial charge in [0, 0.05) is 18.5 Å². The maximum absolute atomic E-state index is 12.1. The van der Waals surface area contributed by atoms with E-state index in [9.17, 15) is 4.79 Å². The predicted octanol–water partition coefficient (Wildman–Crippen LogP) is 1.19. The number of carbonyl (C=O) groups is 1. The largest absolute Gasteiger partial charge is 0.408 e. The van der Waals surface area contributed by atoms with E-state index in [0.717, 1.165) is 13.0 Å². The summed E-state index contributed by atoms with van der Waals surface area (Å²) in [6.07, 6.45) is 2.27. The van der Waals surface area contributed by atoms with Crippen molar-refractivity contribution in [3.63, 3.8) is 0 Å². The Bertz CT molecular complexity index is 474. The number of aromatic nitrogens is 2. The van der Waals surface area contributed by atoms with E-state index in [4.69, 9.17) is 10.2 Å². The Kier molecular flexibility index (Phi) is 5.30. The van der Waals surface area contributed by atoms with Gasteiger partial charge in [0.2, 0.25) is 11.8 Å². The Morgan fingerprint density at radius 1 is 1.52 bits per heavy atom. The first-order valence-corrected chi connectivity index (χ1v) is 7.58. The molecule has 2 rings (SSSR count). The highest BCUT2D eigenvalue weighted by molar-refractivity contribution is 5.90. The molecule has 1 aliphatic heterocycles. The average molecular weight is 295 g/mol. The smallest absolute Gasteiger partial charge is 0.322 e. The molecule has 0 spiro atoms. The van der Waals surface area contributed by atoms with Gasteiger partial charge in [-0.15, -0.1) is 5.10 Å². The molecule has 2 heterocycles. The Balaban J connectivity index is 1.91. The molecule has 1 fully saturated rings. The Hall–Kier alpha value is -1.47. The first-order chi connectivity index (χ1) is 10.0. The molecule has 3 N–H and O–H groups in total. The predicted molar refractivity (Wildman–Crippen MR) is 79.8 cm³/mol.